The molecule has 1 aromatic heterocycles. The van der Waals surface area contributed by atoms with E-state index in [1.54, 1.807) is 0 Å². The van der Waals surface area contributed by atoms with Crippen molar-refractivity contribution in [2.75, 3.05) is 0 Å². The van der Waals surface area contributed by atoms with Gasteiger partial charge < -0.3 is 0 Å². The molecule has 0 atom stereocenters. The van der Waals surface area contributed by atoms with Crippen LogP contribution in [0.1, 0.15) is 12.7 Å². The lowest BCUT2D eigenvalue weighted by molar-refractivity contribution is 0.913. The summed E-state index contributed by atoms with van der Waals surface area (Å²) < 4.78 is 2.37. The first-order valence-electron chi connectivity index (χ1n) is 22.6. The van der Waals surface area contributed by atoms with Crippen LogP contribution in [0.2, 0.25) is 0 Å². The highest BCUT2D eigenvalue weighted by atomic mass is 15.1. The van der Waals surface area contributed by atoms with Crippen LogP contribution in [0.5, 0.6) is 0 Å². The molecule has 0 fully saturated rings. The molecule has 0 amide bonds. The third kappa shape index (κ3) is 6.27. The van der Waals surface area contributed by atoms with Gasteiger partial charge in [0.05, 0.1) is 16.7 Å². The molecular formula is C51H46B10N2. The van der Waals surface area contributed by atoms with Crippen molar-refractivity contribution in [2.24, 2.45) is 0 Å². The first-order valence-corrected chi connectivity index (χ1v) is 22.6. The second kappa shape index (κ2) is 15.6. The minimum absolute atomic E-state index is 0.840. The monoisotopic (exact) mass is 796 g/mol. The third-order valence-electron chi connectivity index (χ3n) is 15.1. The fourth-order valence-electron chi connectivity index (χ4n) is 10.9. The maximum Gasteiger partial charge on any atom is 0.139 e. The van der Waals surface area contributed by atoms with Crippen LogP contribution in [0.25, 0.3) is 93.5 Å². The zero-order valence-corrected chi connectivity index (χ0v) is 38.7. The van der Waals surface area contributed by atoms with Crippen LogP contribution in [-0.2, 0) is 6.42 Å². The normalized spacial score (nSPS) is 11.6. The molecule has 10 aromatic rings. The molecule has 0 radical (unpaired) electrons. The summed E-state index contributed by atoms with van der Waals surface area (Å²) in [5.41, 5.74) is 27.3. The Balaban J connectivity index is 1.32. The third-order valence-corrected chi connectivity index (χ3v) is 15.1. The number of nitrogens with zero attached hydrogens (tertiary/aromatic N) is 2. The second-order valence-electron chi connectivity index (χ2n) is 18.0. The number of imidazole rings is 1. The van der Waals surface area contributed by atoms with Gasteiger partial charge in [0.25, 0.3) is 0 Å². The smallest absolute Gasteiger partial charge is 0.139 e. The van der Waals surface area contributed by atoms with Crippen LogP contribution in [0, 0.1) is 0 Å². The van der Waals surface area contributed by atoms with Crippen molar-refractivity contribution in [3.05, 3.63) is 133 Å². The maximum atomic E-state index is 5.09. The zero-order valence-electron chi connectivity index (χ0n) is 38.7. The molecule has 0 saturated heterocycles. The van der Waals surface area contributed by atoms with Gasteiger partial charge in [0.15, 0.2) is 0 Å². The number of aryl methyl sites for hydroxylation is 1. The van der Waals surface area contributed by atoms with E-state index in [-0.39, 0.29) is 0 Å². The molecule has 63 heavy (non-hydrogen) atoms. The SMILES string of the molecule is Bc1c(B)c(B)c(-c2cccc(-c3c4ccccc4c(-c4ccc(-n5c(CC)nc6ccccc65)c5ccccc45)c4ccc(-c5c(B)c(B)c(B)c(B)c5B)cc34)c2)c(B)c1B. The van der Waals surface area contributed by atoms with Crippen LogP contribution < -0.4 is 54.6 Å². The largest absolute Gasteiger partial charge is 0.296 e. The first-order chi connectivity index (χ1) is 30.4. The van der Waals surface area contributed by atoms with E-state index in [0.717, 1.165) is 29.0 Å². The predicted octanol–water partition coefficient (Wildman–Crippen LogP) is -3.70. The molecule has 0 bridgehead atoms. The van der Waals surface area contributed by atoms with Crippen LogP contribution in [0.3, 0.4) is 0 Å². The standard InChI is InChI=1S/C51H46B10N2/c1-2-37-62-34-16-7-8-17-36(34)63(37)35-21-20-31(27-12-3-4-13-28(27)35)41-30-15-6-5-14-29(30)38(24-10-9-11-25(22-24)39-42(52)46(56)50(60)47(57)43(39)53)33-23-26(18-19-32(33)41)40-44(54)48(58)51(61)49(59)45(40)55/h3-23H,2,52-61H2,1H3. The molecule has 10 rings (SSSR count). The molecule has 9 aromatic carbocycles. The van der Waals surface area contributed by atoms with Crippen molar-refractivity contribution < 1.29 is 0 Å². The van der Waals surface area contributed by atoms with Crippen molar-refractivity contribution in [2.45, 2.75) is 13.3 Å². The quantitative estimate of drug-likeness (QED) is 0.125. The summed E-state index contributed by atoms with van der Waals surface area (Å²) in [6.07, 6.45) is 0.840. The van der Waals surface area contributed by atoms with Crippen LogP contribution in [0.4, 0.5) is 0 Å². The van der Waals surface area contributed by atoms with E-state index in [1.165, 1.54) is 131 Å². The predicted molar refractivity (Wildman–Crippen MR) is 306 cm³/mol. The highest BCUT2D eigenvalue weighted by Crippen LogP contribution is 2.47. The Morgan fingerprint density at radius 3 is 1.46 bits per heavy atom. The lowest BCUT2D eigenvalue weighted by Crippen LogP contribution is -2.55. The molecule has 0 spiro atoms. The fraction of sp³-hybridized carbons (Fsp3) is 0.0392. The Morgan fingerprint density at radius 1 is 0.381 bits per heavy atom. The topological polar surface area (TPSA) is 17.8 Å². The van der Waals surface area contributed by atoms with E-state index in [2.05, 4.69) is 217 Å². The van der Waals surface area contributed by atoms with Crippen molar-refractivity contribution >= 4 is 176 Å². The Kier molecular flexibility index (Phi) is 10.1. The highest BCUT2D eigenvalue weighted by Gasteiger charge is 2.23. The summed E-state index contributed by atoms with van der Waals surface area (Å²) in [7, 11) is 22.9. The Labute approximate surface area is 380 Å². The molecule has 0 N–H and O–H groups in total. The summed E-state index contributed by atoms with van der Waals surface area (Å²) in [5, 5.41) is 7.47. The minimum atomic E-state index is 0.840. The van der Waals surface area contributed by atoms with E-state index < -0.39 is 0 Å². The van der Waals surface area contributed by atoms with Crippen LogP contribution in [-0.4, -0.2) is 88.0 Å². The van der Waals surface area contributed by atoms with Crippen molar-refractivity contribution in [1.29, 1.82) is 0 Å². The van der Waals surface area contributed by atoms with Crippen molar-refractivity contribution in [1.82, 2.24) is 9.55 Å². The molecule has 0 aliphatic rings. The van der Waals surface area contributed by atoms with E-state index >= 15 is 0 Å². The number of fused-ring (bicyclic) bond motifs is 4. The minimum Gasteiger partial charge on any atom is -0.296 e. The molecular weight excluding hydrogens is 749 g/mol. The first kappa shape index (κ1) is 40.9. The van der Waals surface area contributed by atoms with Gasteiger partial charge in [0.1, 0.15) is 84.3 Å². The van der Waals surface area contributed by atoms with Gasteiger partial charge >= 0.3 is 0 Å². The number of benzene rings is 9. The molecule has 2 nitrogen and oxygen atoms in total. The van der Waals surface area contributed by atoms with Gasteiger partial charge in [-0.1, -0.05) is 126 Å². The maximum absolute atomic E-state index is 5.09. The van der Waals surface area contributed by atoms with Gasteiger partial charge in [0.2, 0.25) is 0 Å². The second-order valence-corrected chi connectivity index (χ2v) is 18.0. The Hall–Kier alpha value is -6.12. The molecule has 0 aliphatic heterocycles. The van der Waals surface area contributed by atoms with Crippen molar-refractivity contribution in [3.63, 3.8) is 0 Å². The van der Waals surface area contributed by atoms with Crippen molar-refractivity contribution in [3.8, 4) is 50.2 Å². The summed E-state index contributed by atoms with van der Waals surface area (Å²) in [5.74, 6) is 1.07. The highest BCUT2D eigenvalue weighted by molar-refractivity contribution is 6.70. The molecule has 0 saturated carbocycles. The number of hydrogen-bond acceptors (Lipinski definition) is 1. The van der Waals surface area contributed by atoms with E-state index in [1.807, 2.05) is 0 Å². The lowest BCUT2D eigenvalue weighted by atomic mass is 9.59. The van der Waals surface area contributed by atoms with Gasteiger partial charge in [-0.15, -0.1) is 32.8 Å². The molecule has 12 heteroatoms. The Morgan fingerprint density at radius 2 is 0.857 bits per heavy atom. The average Bonchev–Trinajstić information content (AvgIpc) is 3.69. The average molecular weight is 795 g/mol. The van der Waals surface area contributed by atoms with Crippen LogP contribution >= 0.6 is 0 Å². The lowest BCUT2D eigenvalue weighted by Gasteiger charge is -2.24. The summed E-state index contributed by atoms with van der Waals surface area (Å²) in [4.78, 5) is 5.09. The van der Waals surface area contributed by atoms with E-state index in [4.69, 9.17) is 4.98 Å². The van der Waals surface area contributed by atoms with Gasteiger partial charge in [0, 0.05) is 11.8 Å². The summed E-state index contributed by atoms with van der Waals surface area (Å²) in [6, 6.07) is 48.0. The van der Waals surface area contributed by atoms with E-state index in [9.17, 15) is 0 Å². The Bertz CT molecular complexity index is 3520. The number of aromatic nitrogens is 2. The molecule has 1 heterocycles. The van der Waals surface area contributed by atoms with Gasteiger partial charge in [-0.2, -0.15) is 0 Å². The summed E-state index contributed by atoms with van der Waals surface area (Å²) >= 11 is 0. The summed E-state index contributed by atoms with van der Waals surface area (Å²) in [6.45, 7) is 2.20. The molecule has 0 unspecified atom stereocenters. The van der Waals surface area contributed by atoms with Gasteiger partial charge in [-0.25, -0.2) is 4.98 Å². The number of para-hydroxylation sites is 2. The van der Waals surface area contributed by atoms with Gasteiger partial charge in [-0.3, -0.25) is 4.57 Å². The molecule has 0 aliphatic carbocycles. The van der Waals surface area contributed by atoms with E-state index in [0.29, 0.717) is 0 Å². The van der Waals surface area contributed by atoms with Gasteiger partial charge in [-0.05, 0) is 102 Å². The number of rotatable bonds is 6. The van der Waals surface area contributed by atoms with Crippen LogP contribution in [0.15, 0.2) is 127 Å². The molecule has 290 valence electrons. The number of hydrogen-bond donors (Lipinski definition) is 0. The fourth-order valence-corrected chi connectivity index (χ4v) is 10.9. The zero-order chi connectivity index (χ0) is 44.0.